The van der Waals surface area contributed by atoms with E-state index in [1.54, 1.807) is 0 Å². The number of rotatable bonds is 74. The lowest BCUT2D eigenvalue weighted by atomic mass is 10.0. The lowest BCUT2D eigenvalue weighted by Crippen LogP contribution is -2.30. The Balaban J connectivity index is 5.17. The number of hydrogen-bond acceptors (Lipinski definition) is 15. The second-order valence-corrected chi connectivity index (χ2v) is 30.1. The molecule has 0 heterocycles. The van der Waals surface area contributed by atoms with E-state index in [9.17, 15) is 43.2 Å². The first-order valence-corrected chi connectivity index (χ1v) is 41.6. The van der Waals surface area contributed by atoms with Gasteiger partial charge in [0.15, 0.2) is 12.2 Å². The maximum atomic E-state index is 13.1. The molecule has 552 valence electrons. The van der Waals surface area contributed by atoms with Crippen molar-refractivity contribution >= 4 is 39.5 Å². The molecular weight excluding hydrogens is 1220 g/mol. The molecular formula is C74H144O17P2. The summed E-state index contributed by atoms with van der Waals surface area (Å²) in [4.78, 5) is 72.5. The molecule has 2 unspecified atom stereocenters. The van der Waals surface area contributed by atoms with Crippen molar-refractivity contribution in [3.8, 4) is 0 Å². The van der Waals surface area contributed by atoms with Crippen LogP contribution in [0.4, 0.5) is 0 Å². The van der Waals surface area contributed by atoms with E-state index < -0.39 is 97.5 Å². The fourth-order valence-electron chi connectivity index (χ4n) is 11.4. The van der Waals surface area contributed by atoms with Gasteiger partial charge in [-0.05, 0) is 31.6 Å². The summed E-state index contributed by atoms with van der Waals surface area (Å²) in [5.74, 6) is -1.45. The van der Waals surface area contributed by atoms with Gasteiger partial charge in [-0.25, -0.2) is 9.13 Å². The average Bonchev–Trinajstić information content (AvgIpc) is 2.76. The first-order chi connectivity index (χ1) is 45.0. The van der Waals surface area contributed by atoms with Crippen LogP contribution in [0.15, 0.2) is 0 Å². The number of carbonyl (C=O) groups excluding carboxylic acids is 4. The Hall–Kier alpha value is -1.94. The largest absolute Gasteiger partial charge is 0.472 e. The molecule has 0 aromatic heterocycles. The predicted molar refractivity (Wildman–Crippen MR) is 377 cm³/mol. The van der Waals surface area contributed by atoms with Gasteiger partial charge in [0.1, 0.15) is 19.3 Å². The lowest BCUT2D eigenvalue weighted by Gasteiger charge is -2.21. The van der Waals surface area contributed by atoms with Gasteiger partial charge in [-0.1, -0.05) is 336 Å². The molecule has 17 nitrogen and oxygen atoms in total. The van der Waals surface area contributed by atoms with E-state index in [1.807, 2.05) is 0 Å². The molecule has 93 heavy (non-hydrogen) atoms. The summed E-state index contributed by atoms with van der Waals surface area (Å²) in [5, 5.41) is 10.6. The van der Waals surface area contributed by atoms with Gasteiger partial charge in [-0.2, -0.15) is 0 Å². The van der Waals surface area contributed by atoms with Crippen LogP contribution in [0, 0.1) is 5.92 Å². The van der Waals surface area contributed by atoms with Gasteiger partial charge in [0.25, 0.3) is 0 Å². The molecule has 0 spiro atoms. The highest BCUT2D eigenvalue weighted by atomic mass is 31.2. The van der Waals surface area contributed by atoms with E-state index in [2.05, 4.69) is 34.6 Å². The lowest BCUT2D eigenvalue weighted by molar-refractivity contribution is -0.161. The van der Waals surface area contributed by atoms with E-state index in [4.69, 9.17) is 37.0 Å². The molecule has 0 bridgehead atoms. The van der Waals surface area contributed by atoms with Crippen molar-refractivity contribution in [3.05, 3.63) is 0 Å². The number of esters is 4. The molecule has 0 aliphatic heterocycles. The number of phosphoric ester groups is 2. The number of aliphatic hydroxyl groups excluding tert-OH is 1. The van der Waals surface area contributed by atoms with Crippen LogP contribution in [-0.4, -0.2) is 96.7 Å². The number of aliphatic hydroxyl groups is 1. The van der Waals surface area contributed by atoms with Gasteiger partial charge in [0.05, 0.1) is 26.4 Å². The number of unbranched alkanes of at least 4 members (excludes halogenated alkanes) is 46. The Morgan fingerprint density at radius 3 is 0.731 bits per heavy atom. The number of ether oxygens (including phenoxy) is 4. The van der Waals surface area contributed by atoms with Crippen molar-refractivity contribution < 1.29 is 80.2 Å². The van der Waals surface area contributed by atoms with E-state index in [0.29, 0.717) is 31.6 Å². The Bertz CT molecular complexity index is 1790. The van der Waals surface area contributed by atoms with Crippen molar-refractivity contribution in [2.45, 2.75) is 406 Å². The second-order valence-electron chi connectivity index (χ2n) is 27.2. The zero-order valence-electron chi connectivity index (χ0n) is 60.4. The van der Waals surface area contributed by atoms with Crippen LogP contribution in [0.1, 0.15) is 388 Å². The summed E-state index contributed by atoms with van der Waals surface area (Å²) in [6.07, 6.45) is 55.9. The molecule has 0 amide bonds. The smallest absolute Gasteiger partial charge is 0.462 e. The maximum absolute atomic E-state index is 13.1. The fourth-order valence-corrected chi connectivity index (χ4v) is 12.9. The predicted octanol–water partition coefficient (Wildman–Crippen LogP) is 21.7. The minimum atomic E-state index is -4.95. The first-order valence-electron chi connectivity index (χ1n) is 38.6. The normalized spacial score (nSPS) is 14.0. The zero-order valence-corrected chi connectivity index (χ0v) is 62.2. The first kappa shape index (κ1) is 91.1. The Labute approximate surface area is 568 Å². The summed E-state index contributed by atoms with van der Waals surface area (Å²) in [5.41, 5.74) is 0. The van der Waals surface area contributed by atoms with Crippen molar-refractivity contribution in [1.29, 1.82) is 0 Å². The SMILES string of the molecule is CCCCCCCCCCCCCCCCCCCCCC(=O)O[C@H](COC(=O)CCCCCCCCCCCCCCCCCCC)COP(=O)(O)OC[C@@H](O)COP(=O)(O)OC[C@@H](COC(=O)CCCCCCCCCC)OC(=O)CCCCCCCCC(C)C. The molecule has 0 aromatic rings. The third-order valence-electron chi connectivity index (χ3n) is 17.3. The van der Waals surface area contributed by atoms with Crippen molar-refractivity contribution in [3.63, 3.8) is 0 Å². The fraction of sp³-hybridized carbons (Fsp3) is 0.946. The highest BCUT2D eigenvalue weighted by molar-refractivity contribution is 7.47. The van der Waals surface area contributed by atoms with Crippen LogP contribution in [0.25, 0.3) is 0 Å². The minimum Gasteiger partial charge on any atom is -0.462 e. The van der Waals surface area contributed by atoms with Crippen molar-refractivity contribution in [2.24, 2.45) is 5.92 Å². The topological polar surface area (TPSA) is 237 Å². The molecule has 0 saturated carbocycles. The highest BCUT2D eigenvalue weighted by Crippen LogP contribution is 2.45. The Kier molecular flexibility index (Phi) is 65.9. The van der Waals surface area contributed by atoms with E-state index >= 15 is 0 Å². The summed E-state index contributed by atoms with van der Waals surface area (Å²) in [6.45, 7) is 7.16. The molecule has 0 fully saturated rings. The summed E-state index contributed by atoms with van der Waals surface area (Å²) in [6, 6.07) is 0. The van der Waals surface area contributed by atoms with E-state index in [-0.39, 0.29) is 25.7 Å². The van der Waals surface area contributed by atoms with Crippen LogP contribution in [-0.2, 0) is 65.4 Å². The third kappa shape index (κ3) is 68.4. The van der Waals surface area contributed by atoms with Crippen LogP contribution < -0.4 is 0 Å². The second kappa shape index (κ2) is 67.3. The summed E-state index contributed by atoms with van der Waals surface area (Å²) in [7, 11) is -9.90. The van der Waals surface area contributed by atoms with Gasteiger partial charge >= 0.3 is 39.5 Å². The molecule has 0 aliphatic carbocycles. The number of phosphoric acid groups is 2. The third-order valence-corrected chi connectivity index (χ3v) is 19.2. The molecule has 0 rings (SSSR count). The van der Waals surface area contributed by atoms with Gasteiger partial charge < -0.3 is 33.8 Å². The molecule has 5 atom stereocenters. The summed E-state index contributed by atoms with van der Waals surface area (Å²) < 4.78 is 68.3. The van der Waals surface area contributed by atoms with Crippen LogP contribution in [0.5, 0.6) is 0 Å². The minimum absolute atomic E-state index is 0.102. The van der Waals surface area contributed by atoms with Crippen LogP contribution in [0.2, 0.25) is 0 Å². The van der Waals surface area contributed by atoms with Gasteiger partial charge in [0, 0.05) is 25.7 Å². The average molecular weight is 1370 g/mol. The molecule has 3 N–H and O–H groups in total. The Morgan fingerprint density at radius 1 is 0.290 bits per heavy atom. The van der Waals surface area contributed by atoms with Crippen LogP contribution in [0.3, 0.4) is 0 Å². The summed E-state index contributed by atoms with van der Waals surface area (Å²) >= 11 is 0. The maximum Gasteiger partial charge on any atom is 0.472 e. The number of hydrogen-bond donors (Lipinski definition) is 3. The molecule has 19 heteroatoms. The van der Waals surface area contributed by atoms with Gasteiger partial charge in [-0.15, -0.1) is 0 Å². The number of carbonyl (C=O) groups is 4. The Morgan fingerprint density at radius 2 is 0.495 bits per heavy atom. The molecule has 0 saturated heterocycles. The molecule has 0 aliphatic rings. The molecule has 0 aromatic carbocycles. The van der Waals surface area contributed by atoms with Gasteiger partial charge in [0.2, 0.25) is 0 Å². The van der Waals surface area contributed by atoms with E-state index in [0.717, 1.165) is 96.3 Å². The van der Waals surface area contributed by atoms with Crippen molar-refractivity contribution in [1.82, 2.24) is 0 Å². The molecule has 0 radical (unpaired) electrons. The monoisotopic (exact) mass is 1370 g/mol. The zero-order chi connectivity index (χ0) is 68.4. The van der Waals surface area contributed by atoms with Crippen molar-refractivity contribution in [2.75, 3.05) is 39.6 Å². The van der Waals surface area contributed by atoms with E-state index in [1.165, 1.54) is 205 Å². The highest BCUT2D eigenvalue weighted by Gasteiger charge is 2.30. The van der Waals surface area contributed by atoms with Crippen LogP contribution >= 0.6 is 15.6 Å². The standard InChI is InChI=1S/C74H144O17P2/c1-6-9-12-15-18-21-23-25-27-29-30-32-34-36-38-40-43-49-54-59-73(78)90-69(63-85-72(77)58-53-48-42-39-37-35-33-31-28-26-24-22-19-16-13-10-7-2)65-88-92(80,81)86-61-68(75)62-87-93(82,83)89-66-70(64-84-71(76)57-52-47-41-20-17-14-11-8-3)91-74(79)60-55-50-45-44-46-51-56-67(4)5/h67-70,75H,6-66H2,1-5H3,(H,80,81)(H,82,83)/t68-,69-,70-/m1/s1. The van der Waals surface area contributed by atoms with Gasteiger partial charge in [-0.3, -0.25) is 37.3 Å². The quantitative estimate of drug-likeness (QED) is 0.0222.